The molecule has 3 rings (SSSR count). The predicted molar refractivity (Wildman–Crippen MR) is 66.6 cm³/mol. The fraction of sp³-hybridized carbons (Fsp3) is 0.231. The van der Waals surface area contributed by atoms with Gasteiger partial charge in [0.2, 0.25) is 0 Å². The van der Waals surface area contributed by atoms with Crippen molar-refractivity contribution in [3.8, 4) is 10.4 Å². The fourth-order valence-corrected chi connectivity index (χ4v) is 3.28. The van der Waals surface area contributed by atoms with Crippen molar-refractivity contribution in [2.75, 3.05) is 11.9 Å². The van der Waals surface area contributed by atoms with Crippen LogP contribution in [-0.2, 0) is 6.42 Å². The van der Waals surface area contributed by atoms with E-state index in [1.807, 2.05) is 6.07 Å². The van der Waals surface area contributed by atoms with Gasteiger partial charge in [-0.2, -0.15) is 0 Å². The van der Waals surface area contributed by atoms with Crippen molar-refractivity contribution in [1.29, 1.82) is 0 Å². The molecular formula is C13H12FNS. The van der Waals surface area contributed by atoms with Gasteiger partial charge in [-0.25, -0.2) is 4.39 Å². The minimum Gasteiger partial charge on any atom is -0.384 e. The Morgan fingerprint density at radius 2 is 2.19 bits per heavy atom. The first-order valence-electron chi connectivity index (χ1n) is 5.37. The number of aryl methyl sites for hydroxylation is 1. The highest BCUT2D eigenvalue weighted by Gasteiger charge is 2.16. The molecule has 2 heterocycles. The highest BCUT2D eigenvalue weighted by Crippen LogP contribution is 2.39. The summed E-state index contributed by atoms with van der Waals surface area (Å²) >= 11 is 1.79. The fourth-order valence-electron chi connectivity index (χ4n) is 2.17. The number of fused-ring (bicyclic) bond motifs is 3. The Hall–Kier alpha value is -1.35. The Labute approximate surface area is 97.9 Å². The van der Waals surface area contributed by atoms with E-state index in [-0.39, 0.29) is 5.82 Å². The first-order valence-corrected chi connectivity index (χ1v) is 6.19. The van der Waals surface area contributed by atoms with Crippen LogP contribution in [0.15, 0.2) is 24.3 Å². The molecule has 82 valence electrons. The van der Waals surface area contributed by atoms with Gasteiger partial charge in [0.1, 0.15) is 5.82 Å². The van der Waals surface area contributed by atoms with E-state index in [0.717, 1.165) is 24.2 Å². The van der Waals surface area contributed by atoms with E-state index in [1.54, 1.807) is 17.4 Å². The molecule has 0 saturated carbocycles. The second-order valence-electron chi connectivity index (χ2n) is 4.08. The molecule has 16 heavy (non-hydrogen) atoms. The lowest BCUT2D eigenvalue weighted by atomic mass is 10.1. The maximum absolute atomic E-state index is 13.2. The third-order valence-corrected chi connectivity index (χ3v) is 3.99. The third-order valence-electron chi connectivity index (χ3n) is 2.87. The smallest absolute Gasteiger partial charge is 0.125 e. The maximum atomic E-state index is 13.2. The second-order valence-corrected chi connectivity index (χ2v) is 5.33. The van der Waals surface area contributed by atoms with E-state index < -0.39 is 0 Å². The van der Waals surface area contributed by atoms with Crippen molar-refractivity contribution in [1.82, 2.24) is 0 Å². The average molecular weight is 233 g/mol. The predicted octanol–water partition coefficient (Wildman–Crippen LogP) is 3.83. The Morgan fingerprint density at radius 3 is 3.06 bits per heavy atom. The van der Waals surface area contributed by atoms with Crippen LogP contribution in [0.25, 0.3) is 10.4 Å². The Kier molecular flexibility index (Phi) is 2.21. The van der Waals surface area contributed by atoms with Gasteiger partial charge in [-0.3, -0.25) is 0 Å². The minimum atomic E-state index is -0.178. The Morgan fingerprint density at radius 1 is 1.31 bits per heavy atom. The molecule has 1 aliphatic rings. The summed E-state index contributed by atoms with van der Waals surface area (Å²) in [6, 6.07) is 7.22. The van der Waals surface area contributed by atoms with Gasteiger partial charge < -0.3 is 5.32 Å². The first-order chi connectivity index (χ1) is 7.74. The van der Waals surface area contributed by atoms with Gasteiger partial charge in [0.15, 0.2) is 0 Å². The van der Waals surface area contributed by atoms with E-state index in [2.05, 4.69) is 18.3 Å². The van der Waals surface area contributed by atoms with Crippen LogP contribution in [-0.4, -0.2) is 6.54 Å². The van der Waals surface area contributed by atoms with Crippen molar-refractivity contribution in [3.63, 3.8) is 0 Å². The van der Waals surface area contributed by atoms with Gasteiger partial charge in [0.05, 0.1) is 0 Å². The van der Waals surface area contributed by atoms with E-state index in [0.29, 0.717) is 0 Å². The molecule has 0 saturated heterocycles. The summed E-state index contributed by atoms with van der Waals surface area (Å²) in [7, 11) is 0. The average Bonchev–Trinajstić information content (AvgIpc) is 2.52. The van der Waals surface area contributed by atoms with Gasteiger partial charge in [-0.15, -0.1) is 11.3 Å². The van der Waals surface area contributed by atoms with Crippen LogP contribution >= 0.6 is 11.3 Å². The highest BCUT2D eigenvalue weighted by atomic mass is 32.1. The topological polar surface area (TPSA) is 12.0 Å². The minimum absolute atomic E-state index is 0.178. The van der Waals surface area contributed by atoms with Gasteiger partial charge in [0, 0.05) is 27.5 Å². The largest absolute Gasteiger partial charge is 0.384 e. The second kappa shape index (κ2) is 3.59. The summed E-state index contributed by atoms with van der Waals surface area (Å²) in [5, 5.41) is 3.29. The van der Waals surface area contributed by atoms with Crippen molar-refractivity contribution < 1.29 is 4.39 Å². The monoisotopic (exact) mass is 233 g/mol. The van der Waals surface area contributed by atoms with Crippen LogP contribution in [0.2, 0.25) is 0 Å². The molecular weight excluding hydrogens is 221 g/mol. The molecule has 1 N–H and O–H groups in total. The maximum Gasteiger partial charge on any atom is 0.125 e. The standard InChI is InChI=1S/C13H12FNS/c1-8-6-9-4-5-15-12-7-10(14)2-3-11(12)13(9)16-8/h2-3,6-7,15H,4-5H2,1H3. The summed E-state index contributed by atoms with van der Waals surface area (Å²) in [5.74, 6) is -0.178. The summed E-state index contributed by atoms with van der Waals surface area (Å²) in [6.07, 6.45) is 1.01. The van der Waals surface area contributed by atoms with Crippen molar-refractivity contribution in [3.05, 3.63) is 40.5 Å². The van der Waals surface area contributed by atoms with Gasteiger partial charge in [0.25, 0.3) is 0 Å². The van der Waals surface area contributed by atoms with E-state index in [4.69, 9.17) is 0 Å². The summed E-state index contributed by atoms with van der Waals surface area (Å²) in [6.45, 7) is 3.00. The van der Waals surface area contributed by atoms with Gasteiger partial charge in [-0.1, -0.05) is 0 Å². The summed E-state index contributed by atoms with van der Waals surface area (Å²) < 4.78 is 13.2. The lowest BCUT2D eigenvalue weighted by molar-refractivity contribution is 0.628. The quantitative estimate of drug-likeness (QED) is 0.729. The molecule has 1 aliphatic heterocycles. The zero-order valence-corrected chi connectivity index (χ0v) is 9.83. The number of halogens is 1. The van der Waals surface area contributed by atoms with E-state index in [1.165, 1.54) is 21.4 Å². The molecule has 2 aromatic rings. The summed E-state index contributed by atoms with van der Waals surface area (Å²) in [5.41, 5.74) is 3.42. The molecule has 0 amide bonds. The molecule has 1 aromatic carbocycles. The van der Waals surface area contributed by atoms with E-state index in [9.17, 15) is 4.39 Å². The molecule has 0 spiro atoms. The zero-order valence-electron chi connectivity index (χ0n) is 9.01. The SMILES string of the molecule is Cc1cc2c(s1)-c1ccc(F)cc1NCC2. The molecule has 3 heteroatoms. The van der Waals surface area contributed by atoms with Crippen LogP contribution in [0.5, 0.6) is 0 Å². The number of rotatable bonds is 0. The zero-order chi connectivity index (χ0) is 11.1. The van der Waals surface area contributed by atoms with Crippen molar-refractivity contribution in [2.24, 2.45) is 0 Å². The highest BCUT2D eigenvalue weighted by molar-refractivity contribution is 7.15. The van der Waals surface area contributed by atoms with Crippen molar-refractivity contribution >= 4 is 17.0 Å². The van der Waals surface area contributed by atoms with Gasteiger partial charge >= 0.3 is 0 Å². The number of benzene rings is 1. The van der Waals surface area contributed by atoms with Crippen molar-refractivity contribution in [2.45, 2.75) is 13.3 Å². The third kappa shape index (κ3) is 1.52. The lowest BCUT2D eigenvalue weighted by Gasteiger charge is -2.07. The number of hydrogen-bond donors (Lipinski definition) is 1. The number of hydrogen-bond acceptors (Lipinski definition) is 2. The number of nitrogens with one attached hydrogen (secondary N) is 1. The van der Waals surface area contributed by atoms with Gasteiger partial charge in [-0.05, 0) is 43.2 Å². The first kappa shape index (κ1) is 9.85. The van der Waals surface area contributed by atoms with Crippen LogP contribution in [0.3, 0.4) is 0 Å². The molecule has 1 aromatic heterocycles. The number of thiophene rings is 1. The molecule has 0 aliphatic carbocycles. The van der Waals surface area contributed by atoms with Crippen LogP contribution in [0, 0.1) is 12.7 Å². The molecule has 0 bridgehead atoms. The van der Waals surface area contributed by atoms with E-state index >= 15 is 0 Å². The number of anilines is 1. The molecule has 0 radical (unpaired) electrons. The molecule has 1 nitrogen and oxygen atoms in total. The normalized spacial score (nSPS) is 13.6. The summed E-state index contributed by atoms with van der Waals surface area (Å²) in [4.78, 5) is 2.61. The Balaban J connectivity index is 2.24. The lowest BCUT2D eigenvalue weighted by Crippen LogP contribution is -2.02. The molecule has 0 atom stereocenters. The van der Waals surface area contributed by atoms with Crippen LogP contribution in [0.4, 0.5) is 10.1 Å². The molecule has 0 fully saturated rings. The Bertz CT molecular complexity index is 545. The molecule has 0 unspecified atom stereocenters. The van der Waals surface area contributed by atoms with Crippen LogP contribution in [0.1, 0.15) is 10.4 Å². The van der Waals surface area contributed by atoms with Crippen LogP contribution < -0.4 is 5.32 Å².